The molecule has 0 bridgehead atoms. The van der Waals surface area contributed by atoms with Gasteiger partial charge in [-0.15, -0.1) is 0 Å². The standard InChI is InChI=1S/C18H35NO.C3H9N/c1-2-3-4-5-6-7-8-9-10-11-12-13-14-15-16-17-18(19)20;1-4(2)3/h9-10H,2-8,11-17H2,1H3,(H2,19,20);1-3H3/b10-9-;. The second kappa shape index (κ2) is 22.2. The lowest BCUT2D eigenvalue weighted by Crippen LogP contribution is -2.09. The van der Waals surface area contributed by atoms with Crippen LogP contribution in [0.25, 0.3) is 0 Å². The van der Waals surface area contributed by atoms with E-state index in [9.17, 15) is 4.79 Å². The maximum Gasteiger partial charge on any atom is 0.217 e. The molecule has 0 saturated heterocycles. The van der Waals surface area contributed by atoms with Crippen LogP contribution in [0.5, 0.6) is 0 Å². The van der Waals surface area contributed by atoms with Crippen molar-refractivity contribution in [3.8, 4) is 0 Å². The maximum atomic E-state index is 10.5. The molecule has 0 rings (SSSR count). The Labute approximate surface area is 152 Å². The van der Waals surface area contributed by atoms with Gasteiger partial charge in [-0.2, -0.15) is 0 Å². The summed E-state index contributed by atoms with van der Waals surface area (Å²) < 4.78 is 0. The van der Waals surface area contributed by atoms with Crippen LogP contribution in [0.3, 0.4) is 0 Å². The molecule has 0 aromatic rings. The van der Waals surface area contributed by atoms with Crippen LogP contribution in [-0.4, -0.2) is 32.0 Å². The summed E-state index contributed by atoms with van der Waals surface area (Å²) in [5, 5.41) is 0. The number of amides is 1. The van der Waals surface area contributed by atoms with Crippen molar-refractivity contribution in [1.29, 1.82) is 0 Å². The van der Waals surface area contributed by atoms with E-state index in [0.29, 0.717) is 6.42 Å². The van der Waals surface area contributed by atoms with Crippen molar-refractivity contribution in [3.05, 3.63) is 12.2 Å². The van der Waals surface area contributed by atoms with Gasteiger partial charge in [-0.05, 0) is 53.2 Å². The Morgan fingerprint density at radius 1 is 0.750 bits per heavy atom. The monoisotopic (exact) mass is 340 g/mol. The molecule has 0 aromatic carbocycles. The number of carbonyl (C=O) groups excluding carboxylic acids is 1. The molecule has 3 heteroatoms. The third-order valence-corrected chi connectivity index (χ3v) is 3.68. The highest BCUT2D eigenvalue weighted by atomic mass is 16.1. The first-order chi connectivity index (χ1) is 11.5. The molecular weight excluding hydrogens is 296 g/mol. The Morgan fingerprint density at radius 2 is 1.12 bits per heavy atom. The number of unbranched alkanes of at least 4 members (excludes halogenated alkanes) is 11. The van der Waals surface area contributed by atoms with Gasteiger partial charge in [0.1, 0.15) is 0 Å². The van der Waals surface area contributed by atoms with E-state index in [-0.39, 0.29) is 5.91 Å². The second-order valence-corrected chi connectivity index (χ2v) is 7.14. The molecule has 0 fully saturated rings. The summed E-state index contributed by atoms with van der Waals surface area (Å²) in [7, 11) is 6.00. The first-order valence-electron chi connectivity index (χ1n) is 10.0. The Balaban J connectivity index is 0. The van der Waals surface area contributed by atoms with Crippen LogP contribution in [0.1, 0.15) is 96.8 Å². The van der Waals surface area contributed by atoms with Gasteiger partial charge < -0.3 is 10.6 Å². The van der Waals surface area contributed by atoms with Gasteiger partial charge in [0.25, 0.3) is 0 Å². The molecular formula is C21H44N2O. The quantitative estimate of drug-likeness (QED) is 0.307. The third-order valence-electron chi connectivity index (χ3n) is 3.68. The van der Waals surface area contributed by atoms with E-state index < -0.39 is 0 Å². The topological polar surface area (TPSA) is 46.3 Å². The van der Waals surface area contributed by atoms with Crippen LogP contribution >= 0.6 is 0 Å². The molecule has 0 unspecified atom stereocenters. The molecule has 0 atom stereocenters. The van der Waals surface area contributed by atoms with Gasteiger partial charge in [0.2, 0.25) is 5.91 Å². The first-order valence-corrected chi connectivity index (χ1v) is 10.0. The highest BCUT2D eigenvalue weighted by molar-refractivity contribution is 5.73. The average molecular weight is 341 g/mol. The highest BCUT2D eigenvalue weighted by Gasteiger charge is 1.94. The molecule has 0 aliphatic carbocycles. The number of nitrogens with zero attached hydrogens (tertiary/aromatic N) is 1. The fraction of sp³-hybridized carbons (Fsp3) is 0.857. The number of carbonyl (C=O) groups is 1. The van der Waals surface area contributed by atoms with E-state index in [1.165, 1.54) is 70.6 Å². The predicted octanol–water partition coefficient (Wildman–Crippen LogP) is 5.69. The van der Waals surface area contributed by atoms with E-state index >= 15 is 0 Å². The van der Waals surface area contributed by atoms with Crippen molar-refractivity contribution >= 4 is 5.91 Å². The normalized spacial score (nSPS) is 10.9. The van der Waals surface area contributed by atoms with Crippen LogP contribution in [-0.2, 0) is 4.79 Å². The second-order valence-electron chi connectivity index (χ2n) is 7.14. The van der Waals surface area contributed by atoms with Gasteiger partial charge in [-0.1, -0.05) is 70.4 Å². The summed E-state index contributed by atoms with van der Waals surface area (Å²) in [5.41, 5.74) is 5.10. The zero-order chi connectivity index (χ0) is 18.5. The molecule has 0 radical (unpaired) electrons. The molecule has 0 heterocycles. The van der Waals surface area contributed by atoms with Crippen LogP contribution < -0.4 is 5.73 Å². The highest BCUT2D eigenvalue weighted by Crippen LogP contribution is 2.09. The molecule has 0 spiro atoms. The van der Waals surface area contributed by atoms with Gasteiger partial charge in [0.15, 0.2) is 0 Å². The summed E-state index contributed by atoms with van der Waals surface area (Å²) >= 11 is 0. The summed E-state index contributed by atoms with van der Waals surface area (Å²) in [4.78, 5) is 12.5. The smallest absolute Gasteiger partial charge is 0.217 e. The Kier molecular flexibility index (Phi) is 23.5. The number of allylic oxidation sites excluding steroid dienone is 2. The molecule has 0 aliphatic heterocycles. The van der Waals surface area contributed by atoms with E-state index in [4.69, 9.17) is 5.73 Å². The van der Waals surface area contributed by atoms with Gasteiger partial charge in [0.05, 0.1) is 0 Å². The molecule has 1 amide bonds. The molecule has 3 nitrogen and oxygen atoms in total. The Bertz CT molecular complexity index is 272. The van der Waals surface area contributed by atoms with Crippen LogP contribution in [0, 0.1) is 0 Å². The van der Waals surface area contributed by atoms with Gasteiger partial charge in [-0.3, -0.25) is 4.79 Å². The largest absolute Gasteiger partial charge is 0.370 e. The molecule has 0 saturated carbocycles. The summed E-state index contributed by atoms with van der Waals surface area (Å²) in [6, 6.07) is 0. The predicted molar refractivity (Wildman–Crippen MR) is 108 cm³/mol. The fourth-order valence-corrected chi connectivity index (χ4v) is 2.37. The number of nitrogens with two attached hydrogens (primary N) is 1. The van der Waals surface area contributed by atoms with E-state index in [1.807, 2.05) is 26.0 Å². The van der Waals surface area contributed by atoms with Gasteiger partial charge >= 0.3 is 0 Å². The lowest BCUT2D eigenvalue weighted by molar-refractivity contribution is -0.118. The minimum Gasteiger partial charge on any atom is -0.370 e. The van der Waals surface area contributed by atoms with E-state index in [1.54, 1.807) is 0 Å². The van der Waals surface area contributed by atoms with Crippen molar-refractivity contribution < 1.29 is 4.79 Å². The minimum atomic E-state index is -0.164. The number of primary amides is 1. The Hall–Kier alpha value is -0.830. The fourth-order valence-electron chi connectivity index (χ4n) is 2.37. The third kappa shape index (κ3) is 32.9. The minimum absolute atomic E-state index is 0.164. The van der Waals surface area contributed by atoms with Crippen molar-refractivity contribution in [2.45, 2.75) is 96.8 Å². The zero-order valence-electron chi connectivity index (χ0n) is 17.0. The average Bonchev–Trinajstić information content (AvgIpc) is 2.50. The zero-order valence-corrected chi connectivity index (χ0v) is 17.0. The van der Waals surface area contributed by atoms with Crippen molar-refractivity contribution in [3.63, 3.8) is 0 Å². The summed E-state index contributed by atoms with van der Waals surface area (Å²) in [6.45, 7) is 2.26. The lowest BCUT2D eigenvalue weighted by Gasteiger charge is -1.99. The number of hydrogen-bond donors (Lipinski definition) is 1. The molecule has 2 N–H and O–H groups in total. The number of rotatable bonds is 15. The van der Waals surface area contributed by atoms with Gasteiger partial charge in [-0.25, -0.2) is 0 Å². The van der Waals surface area contributed by atoms with Crippen molar-refractivity contribution in [2.75, 3.05) is 21.1 Å². The first kappa shape index (κ1) is 25.4. The van der Waals surface area contributed by atoms with Gasteiger partial charge in [0, 0.05) is 6.42 Å². The lowest BCUT2D eigenvalue weighted by atomic mass is 10.1. The molecule has 0 aromatic heterocycles. The van der Waals surface area contributed by atoms with Crippen LogP contribution in [0.15, 0.2) is 12.2 Å². The Morgan fingerprint density at radius 3 is 1.54 bits per heavy atom. The van der Waals surface area contributed by atoms with Crippen molar-refractivity contribution in [1.82, 2.24) is 4.90 Å². The maximum absolute atomic E-state index is 10.5. The summed E-state index contributed by atoms with van der Waals surface area (Å²) in [5.74, 6) is -0.164. The van der Waals surface area contributed by atoms with Crippen LogP contribution in [0.2, 0.25) is 0 Å². The molecule has 0 aliphatic rings. The van der Waals surface area contributed by atoms with E-state index in [0.717, 1.165) is 12.8 Å². The summed E-state index contributed by atoms with van der Waals surface area (Å²) in [6.07, 6.45) is 21.9. The van der Waals surface area contributed by atoms with Crippen molar-refractivity contribution in [2.24, 2.45) is 5.73 Å². The molecule has 144 valence electrons. The van der Waals surface area contributed by atoms with E-state index in [2.05, 4.69) is 19.1 Å². The van der Waals surface area contributed by atoms with Crippen LogP contribution in [0.4, 0.5) is 0 Å². The SMILES string of the molecule is CCCCCCCC/C=C\CCCCCCCC(N)=O.CN(C)C. The molecule has 24 heavy (non-hydrogen) atoms. The number of hydrogen-bond acceptors (Lipinski definition) is 2.